The van der Waals surface area contributed by atoms with Crippen LogP contribution < -0.4 is 0 Å². The van der Waals surface area contributed by atoms with Gasteiger partial charge in [-0.05, 0) is 30.5 Å². The van der Waals surface area contributed by atoms with Crippen LogP contribution in [0.25, 0.3) is 0 Å². The predicted octanol–water partition coefficient (Wildman–Crippen LogP) is 5.06. The molecule has 2 aromatic carbocycles. The molecule has 0 saturated heterocycles. The normalized spacial score (nSPS) is 11.8. The van der Waals surface area contributed by atoms with Gasteiger partial charge in [0.1, 0.15) is 0 Å². The lowest BCUT2D eigenvalue weighted by molar-refractivity contribution is 0.379. The van der Waals surface area contributed by atoms with E-state index in [4.69, 9.17) is 0 Å². The van der Waals surface area contributed by atoms with Crippen molar-refractivity contribution in [1.29, 1.82) is 0 Å². The second-order valence-corrected chi connectivity index (χ2v) is 4.69. The van der Waals surface area contributed by atoms with E-state index >= 15 is 0 Å². The first-order chi connectivity index (χ1) is 9.31. The topological polar surface area (TPSA) is 20.2 Å². The fourth-order valence-electron chi connectivity index (χ4n) is 2.33. The Kier molecular flexibility index (Phi) is 4.79. The van der Waals surface area contributed by atoms with Crippen LogP contribution in [0.2, 0.25) is 0 Å². The number of allylic oxidation sites excluding steroid dienone is 2. The van der Waals surface area contributed by atoms with Crippen LogP contribution in [0.1, 0.15) is 36.8 Å². The van der Waals surface area contributed by atoms with E-state index < -0.39 is 0 Å². The van der Waals surface area contributed by atoms with Crippen molar-refractivity contribution < 1.29 is 5.11 Å². The van der Waals surface area contributed by atoms with Crippen LogP contribution >= 0.6 is 0 Å². The molecule has 0 amide bonds. The van der Waals surface area contributed by atoms with E-state index in [1.165, 1.54) is 11.1 Å². The molecule has 0 fully saturated rings. The highest BCUT2D eigenvalue weighted by molar-refractivity contribution is 5.32. The molecule has 0 heterocycles. The number of aliphatic hydroxyl groups excluding tert-OH is 1. The molecule has 0 aliphatic carbocycles. The van der Waals surface area contributed by atoms with Crippen molar-refractivity contribution in [2.75, 3.05) is 0 Å². The third kappa shape index (κ3) is 3.72. The summed E-state index contributed by atoms with van der Waals surface area (Å²) in [6, 6.07) is 21.0. The first-order valence-electron chi connectivity index (χ1n) is 6.75. The summed E-state index contributed by atoms with van der Waals surface area (Å²) in [4.78, 5) is 0. The zero-order valence-electron chi connectivity index (χ0n) is 11.3. The molecule has 0 aliphatic rings. The monoisotopic (exact) mass is 252 g/mol. The number of hydrogen-bond acceptors (Lipinski definition) is 1. The van der Waals surface area contributed by atoms with Gasteiger partial charge in [0.15, 0.2) is 0 Å². The number of hydrogen-bond donors (Lipinski definition) is 1. The van der Waals surface area contributed by atoms with Gasteiger partial charge in [-0.25, -0.2) is 0 Å². The lowest BCUT2D eigenvalue weighted by atomic mass is 9.87. The van der Waals surface area contributed by atoms with Gasteiger partial charge in [0, 0.05) is 12.3 Å². The molecule has 98 valence electrons. The third-order valence-electron chi connectivity index (χ3n) is 3.43. The van der Waals surface area contributed by atoms with Crippen LogP contribution in [-0.4, -0.2) is 5.11 Å². The summed E-state index contributed by atoms with van der Waals surface area (Å²) < 4.78 is 0. The largest absolute Gasteiger partial charge is 0.513 e. The summed E-state index contributed by atoms with van der Waals surface area (Å²) in [6.07, 6.45) is 3.40. The molecule has 0 aromatic heterocycles. The van der Waals surface area contributed by atoms with Gasteiger partial charge >= 0.3 is 0 Å². The van der Waals surface area contributed by atoms with E-state index in [9.17, 15) is 5.11 Å². The van der Waals surface area contributed by atoms with Gasteiger partial charge in [0.2, 0.25) is 0 Å². The lowest BCUT2D eigenvalue weighted by Gasteiger charge is -2.18. The Morgan fingerprint density at radius 3 is 1.84 bits per heavy atom. The van der Waals surface area contributed by atoms with E-state index in [1.807, 2.05) is 19.1 Å². The lowest BCUT2D eigenvalue weighted by Crippen LogP contribution is -2.01. The Balaban J connectivity index is 2.24. The molecule has 2 rings (SSSR count). The zero-order valence-corrected chi connectivity index (χ0v) is 11.3. The zero-order chi connectivity index (χ0) is 13.5. The Bertz CT molecular complexity index is 474. The number of rotatable bonds is 5. The predicted molar refractivity (Wildman–Crippen MR) is 80.3 cm³/mol. The first kappa shape index (κ1) is 13.4. The molecule has 0 unspecified atom stereocenters. The maximum atomic E-state index is 9.66. The van der Waals surface area contributed by atoms with Gasteiger partial charge in [-0.3, -0.25) is 0 Å². The Morgan fingerprint density at radius 2 is 1.42 bits per heavy atom. The number of benzene rings is 2. The average Bonchev–Trinajstić information content (AvgIpc) is 2.49. The molecule has 0 saturated carbocycles. The highest BCUT2D eigenvalue weighted by Gasteiger charge is 2.13. The molecule has 0 aliphatic heterocycles. The number of aliphatic hydroxyl groups is 1. The van der Waals surface area contributed by atoms with E-state index in [0.29, 0.717) is 18.1 Å². The quantitative estimate of drug-likeness (QED) is 0.737. The fraction of sp³-hybridized carbons (Fsp3) is 0.222. The second kappa shape index (κ2) is 6.79. The molecule has 19 heavy (non-hydrogen) atoms. The molecular weight excluding hydrogens is 232 g/mol. The van der Waals surface area contributed by atoms with E-state index in [-0.39, 0.29) is 0 Å². The van der Waals surface area contributed by atoms with Crippen LogP contribution in [0, 0.1) is 0 Å². The molecule has 0 radical (unpaired) electrons. The summed E-state index contributed by atoms with van der Waals surface area (Å²) in [7, 11) is 0. The van der Waals surface area contributed by atoms with Crippen molar-refractivity contribution in [2.24, 2.45) is 0 Å². The van der Waals surface area contributed by atoms with Crippen molar-refractivity contribution in [3.05, 3.63) is 83.6 Å². The van der Waals surface area contributed by atoms with Crippen LogP contribution in [-0.2, 0) is 0 Å². The standard InChI is InChI=1S/C18H20O/c1-2-17(19)13-14-18(15-9-5-3-6-10-15)16-11-7-4-8-12-16/h2-12,18-19H,13-14H2,1H3. The molecule has 1 N–H and O–H groups in total. The van der Waals surface area contributed by atoms with Crippen LogP contribution in [0.4, 0.5) is 0 Å². The van der Waals surface area contributed by atoms with Crippen molar-refractivity contribution in [3.63, 3.8) is 0 Å². The van der Waals surface area contributed by atoms with Gasteiger partial charge in [0.05, 0.1) is 5.76 Å². The van der Waals surface area contributed by atoms with Crippen molar-refractivity contribution in [1.82, 2.24) is 0 Å². The van der Waals surface area contributed by atoms with E-state index in [1.54, 1.807) is 6.08 Å². The minimum atomic E-state index is 0.338. The van der Waals surface area contributed by atoms with Gasteiger partial charge < -0.3 is 5.11 Å². The minimum absolute atomic E-state index is 0.338. The third-order valence-corrected chi connectivity index (χ3v) is 3.43. The molecule has 0 bridgehead atoms. The smallest absolute Gasteiger partial charge is 0.0880 e. The van der Waals surface area contributed by atoms with Crippen molar-refractivity contribution in [2.45, 2.75) is 25.7 Å². The first-order valence-corrected chi connectivity index (χ1v) is 6.75. The highest BCUT2D eigenvalue weighted by Crippen LogP contribution is 2.29. The summed E-state index contributed by atoms with van der Waals surface area (Å²) in [5.41, 5.74) is 2.61. The van der Waals surface area contributed by atoms with Gasteiger partial charge in [-0.1, -0.05) is 60.7 Å². The van der Waals surface area contributed by atoms with Crippen molar-refractivity contribution in [3.8, 4) is 0 Å². The maximum Gasteiger partial charge on any atom is 0.0880 e. The summed E-state index contributed by atoms with van der Waals surface area (Å²) >= 11 is 0. The maximum absolute atomic E-state index is 9.66. The van der Waals surface area contributed by atoms with Gasteiger partial charge in [0.25, 0.3) is 0 Å². The molecule has 2 aromatic rings. The SMILES string of the molecule is CC=C(O)CCC(c1ccccc1)c1ccccc1. The van der Waals surface area contributed by atoms with E-state index in [2.05, 4.69) is 48.5 Å². The summed E-state index contributed by atoms with van der Waals surface area (Å²) in [5, 5.41) is 9.66. The average molecular weight is 252 g/mol. The summed E-state index contributed by atoms with van der Waals surface area (Å²) in [5.74, 6) is 0.807. The van der Waals surface area contributed by atoms with Crippen LogP contribution in [0.5, 0.6) is 0 Å². The molecular formula is C18H20O. The molecule has 0 atom stereocenters. The minimum Gasteiger partial charge on any atom is -0.513 e. The van der Waals surface area contributed by atoms with Gasteiger partial charge in [-0.15, -0.1) is 0 Å². The van der Waals surface area contributed by atoms with Gasteiger partial charge in [-0.2, -0.15) is 0 Å². The fourth-order valence-corrected chi connectivity index (χ4v) is 2.33. The molecule has 1 nitrogen and oxygen atoms in total. The second-order valence-electron chi connectivity index (χ2n) is 4.69. The molecule has 1 heteroatoms. The molecule has 0 spiro atoms. The van der Waals surface area contributed by atoms with Crippen molar-refractivity contribution >= 4 is 0 Å². The van der Waals surface area contributed by atoms with Crippen LogP contribution in [0.3, 0.4) is 0 Å². The summed E-state index contributed by atoms with van der Waals surface area (Å²) in [6.45, 7) is 1.87. The van der Waals surface area contributed by atoms with E-state index in [0.717, 1.165) is 6.42 Å². The highest BCUT2D eigenvalue weighted by atomic mass is 16.3. The Morgan fingerprint density at radius 1 is 0.947 bits per heavy atom. The Hall–Kier alpha value is -2.02. The van der Waals surface area contributed by atoms with Crippen LogP contribution in [0.15, 0.2) is 72.5 Å². The Labute approximate surface area is 115 Å².